The summed E-state index contributed by atoms with van der Waals surface area (Å²) in [6, 6.07) is 20.2. The van der Waals surface area contributed by atoms with Gasteiger partial charge in [0.05, 0.1) is 11.9 Å². The highest BCUT2D eigenvalue weighted by Crippen LogP contribution is 2.19. The van der Waals surface area contributed by atoms with Crippen molar-refractivity contribution in [1.29, 1.82) is 0 Å². The summed E-state index contributed by atoms with van der Waals surface area (Å²) in [6.07, 6.45) is 3.11. The quantitative estimate of drug-likeness (QED) is 0.270. The summed E-state index contributed by atoms with van der Waals surface area (Å²) in [6.45, 7) is 6.23. The first-order valence-electron chi connectivity index (χ1n) is 9.43. The third-order valence-corrected chi connectivity index (χ3v) is 4.45. The minimum absolute atomic E-state index is 0.130. The summed E-state index contributed by atoms with van der Waals surface area (Å²) in [5.74, 6) is 0.777. The van der Waals surface area contributed by atoms with Gasteiger partial charge in [0.2, 0.25) is 5.90 Å². The van der Waals surface area contributed by atoms with E-state index >= 15 is 0 Å². The molecule has 0 aliphatic rings. The van der Waals surface area contributed by atoms with E-state index in [1.54, 1.807) is 24.3 Å². The van der Waals surface area contributed by atoms with Crippen LogP contribution in [0.1, 0.15) is 22.3 Å². The van der Waals surface area contributed by atoms with Crippen LogP contribution in [0.15, 0.2) is 84.1 Å². The zero-order chi connectivity index (χ0) is 20.6. The molecule has 3 nitrogen and oxygen atoms in total. The predicted octanol–water partition coefficient (Wildman–Crippen LogP) is 6.59. The first-order valence-corrected chi connectivity index (χ1v) is 9.43. The second-order valence-corrected chi connectivity index (χ2v) is 6.84. The number of benzene rings is 3. The van der Waals surface area contributed by atoms with E-state index in [9.17, 15) is 4.39 Å². The van der Waals surface area contributed by atoms with Gasteiger partial charge in [-0.2, -0.15) is 0 Å². The zero-order valence-electron chi connectivity index (χ0n) is 16.9. The summed E-state index contributed by atoms with van der Waals surface area (Å²) in [7, 11) is 0. The molecule has 0 atom stereocenters. The lowest BCUT2D eigenvalue weighted by molar-refractivity contribution is 0.232. The lowest BCUT2D eigenvalue weighted by Gasteiger charge is -2.08. The second-order valence-electron chi connectivity index (χ2n) is 6.84. The van der Waals surface area contributed by atoms with Gasteiger partial charge in [0.15, 0.2) is 0 Å². The van der Waals surface area contributed by atoms with Gasteiger partial charge in [-0.05, 0) is 67.8 Å². The molecule has 0 saturated carbocycles. The van der Waals surface area contributed by atoms with Gasteiger partial charge in [0, 0.05) is 11.6 Å². The fraction of sp³-hybridized carbons (Fsp3) is 0.160. The van der Waals surface area contributed by atoms with E-state index in [4.69, 9.17) is 9.47 Å². The van der Waals surface area contributed by atoms with Crippen LogP contribution in [-0.2, 0) is 11.3 Å². The van der Waals surface area contributed by atoms with Crippen molar-refractivity contribution in [2.24, 2.45) is 4.99 Å². The number of rotatable bonds is 6. The van der Waals surface area contributed by atoms with Crippen molar-refractivity contribution in [2.45, 2.75) is 27.4 Å². The van der Waals surface area contributed by atoms with Gasteiger partial charge in [-0.1, -0.05) is 36.4 Å². The Kier molecular flexibility index (Phi) is 6.80. The largest absolute Gasteiger partial charge is 0.496 e. The summed E-state index contributed by atoms with van der Waals surface area (Å²) in [5.41, 5.74) is 4.72. The maximum atomic E-state index is 13.7. The number of halogens is 1. The van der Waals surface area contributed by atoms with Crippen LogP contribution in [0.2, 0.25) is 0 Å². The molecule has 0 aliphatic heterocycles. The predicted molar refractivity (Wildman–Crippen MR) is 115 cm³/mol. The highest BCUT2D eigenvalue weighted by molar-refractivity contribution is 5.91. The highest BCUT2D eigenvalue weighted by Gasteiger charge is 2.03. The summed E-state index contributed by atoms with van der Waals surface area (Å²) in [4.78, 5) is 4.60. The smallest absolute Gasteiger partial charge is 0.222 e. The van der Waals surface area contributed by atoms with Gasteiger partial charge in [-0.25, -0.2) is 9.38 Å². The fourth-order valence-electron chi connectivity index (χ4n) is 2.68. The third kappa shape index (κ3) is 6.04. The van der Waals surface area contributed by atoms with E-state index in [1.807, 2.05) is 56.3 Å². The molecule has 0 N–H and O–H groups in total. The van der Waals surface area contributed by atoms with Crippen LogP contribution in [0.5, 0.6) is 5.75 Å². The molecule has 3 aromatic rings. The van der Waals surface area contributed by atoms with E-state index in [0.717, 1.165) is 16.8 Å². The Morgan fingerprint density at radius 2 is 1.76 bits per heavy atom. The van der Waals surface area contributed by atoms with Crippen LogP contribution < -0.4 is 4.74 Å². The standard InChI is InChI=1S/C25H24FNO2/c1-18-7-6-9-23(15-18)29-25(27-22-12-11-19(2)20(3)16-22)13-14-28-17-21-8-4-5-10-24(21)26/h4-16H,17H2,1-3H3. The summed E-state index contributed by atoms with van der Waals surface area (Å²) < 4.78 is 25.2. The Balaban J connectivity index is 1.78. The Hall–Kier alpha value is -3.40. The molecular formula is C25H24FNO2. The van der Waals surface area contributed by atoms with Gasteiger partial charge >= 0.3 is 0 Å². The van der Waals surface area contributed by atoms with Crippen molar-refractivity contribution in [3.8, 4) is 5.75 Å². The lowest BCUT2D eigenvalue weighted by Crippen LogP contribution is -2.05. The van der Waals surface area contributed by atoms with Crippen molar-refractivity contribution >= 4 is 11.6 Å². The van der Waals surface area contributed by atoms with E-state index < -0.39 is 0 Å². The molecule has 0 bridgehead atoms. The van der Waals surface area contributed by atoms with Crippen LogP contribution in [-0.4, -0.2) is 5.90 Å². The molecule has 0 unspecified atom stereocenters. The number of aryl methyl sites for hydroxylation is 3. The fourth-order valence-corrected chi connectivity index (χ4v) is 2.68. The third-order valence-electron chi connectivity index (χ3n) is 4.45. The van der Waals surface area contributed by atoms with Crippen molar-refractivity contribution in [2.75, 3.05) is 0 Å². The minimum atomic E-state index is -0.291. The van der Waals surface area contributed by atoms with Crippen LogP contribution in [0, 0.1) is 26.6 Å². The van der Waals surface area contributed by atoms with Crippen LogP contribution in [0.3, 0.4) is 0 Å². The molecule has 0 heterocycles. The molecule has 29 heavy (non-hydrogen) atoms. The molecule has 0 spiro atoms. The topological polar surface area (TPSA) is 30.8 Å². The van der Waals surface area contributed by atoms with Gasteiger partial charge < -0.3 is 9.47 Å². The molecule has 0 aromatic heterocycles. The Morgan fingerprint density at radius 1 is 0.931 bits per heavy atom. The molecule has 0 radical (unpaired) electrons. The molecule has 0 amide bonds. The van der Waals surface area contributed by atoms with E-state index in [2.05, 4.69) is 11.9 Å². The van der Waals surface area contributed by atoms with E-state index in [-0.39, 0.29) is 12.4 Å². The maximum absolute atomic E-state index is 13.7. The summed E-state index contributed by atoms with van der Waals surface area (Å²) >= 11 is 0. The number of aliphatic imine (C=N–C) groups is 1. The van der Waals surface area contributed by atoms with Gasteiger partial charge in [-0.15, -0.1) is 0 Å². The molecule has 0 aliphatic carbocycles. The Labute approximate surface area is 171 Å². The second kappa shape index (κ2) is 9.69. The van der Waals surface area contributed by atoms with Crippen LogP contribution in [0.4, 0.5) is 10.1 Å². The number of hydrogen-bond acceptors (Lipinski definition) is 3. The van der Waals surface area contributed by atoms with Gasteiger partial charge in [0.25, 0.3) is 0 Å². The summed E-state index contributed by atoms with van der Waals surface area (Å²) in [5, 5.41) is 0. The monoisotopic (exact) mass is 389 g/mol. The molecule has 3 rings (SSSR count). The van der Waals surface area contributed by atoms with Crippen molar-refractivity contribution in [3.63, 3.8) is 0 Å². The molecule has 4 heteroatoms. The van der Waals surface area contributed by atoms with Crippen LogP contribution in [0.25, 0.3) is 0 Å². The average molecular weight is 389 g/mol. The Morgan fingerprint density at radius 3 is 2.52 bits per heavy atom. The normalized spacial score (nSPS) is 11.7. The van der Waals surface area contributed by atoms with Crippen molar-refractivity contribution < 1.29 is 13.9 Å². The van der Waals surface area contributed by atoms with Gasteiger partial charge in [0.1, 0.15) is 18.2 Å². The highest BCUT2D eigenvalue weighted by atomic mass is 19.1. The SMILES string of the molecule is Cc1cccc(OC(C=COCc2ccccc2F)=Nc2ccc(C)c(C)c2)c1. The molecule has 0 fully saturated rings. The number of hydrogen-bond donors (Lipinski definition) is 0. The van der Waals surface area contributed by atoms with Crippen molar-refractivity contribution in [3.05, 3.63) is 107 Å². The maximum Gasteiger partial charge on any atom is 0.222 e. The molecule has 148 valence electrons. The average Bonchev–Trinajstić information content (AvgIpc) is 2.69. The first kappa shape index (κ1) is 20.3. The van der Waals surface area contributed by atoms with E-state index in [0.29, 0.717) is 17.2 Å². The van der Waals surface area contributed by atoms with Crippen molar-refractivity contribution in [1.82, 2.24) is 0 Å². The van der Waals surface area contributed by atoms with Gasteiger partial charge in [-0.3, -0.25) is 0 Å². The zero-order valence-corrected chi connectivity index (χ0v) is 16.9. The molecular weight excluding hydrogens is 365 g/mol. The van der Waals surface area contributed by atoms with Crippen LogP contribution >= 0.6 is 0 Å². The van der Waals surface area contributed by atoms with E-state index in [1.165, 1.54) is 17.9 Å². The lowest BCUT2D eigenvalue weighted by atomic mass is 10.1. The number of nitrogens with zero attached hydrogens (tertiary/aromatic N) is 1. The molecule has 3 aromatic carbocycles. The molecule has 0 saturated heterocycles. The minimum Gasteiger partial charge on any atom is -0.496 e. The first-order chi connectivity index (χ1) is 14.0. The number of ether oxygens (including phenoxy) is 2. The Bertz CT molecular complexity index is 1040.